The molecular weight excluding hydrogens is 152 g/mol. The second kappa shape index (κ2) is 2.46. The molecule has 1 unspecified atom stereocenters. The maximum atomic E-state index is 10.7. The highest BCUT2D eigenvalue weighted by Gasteiger charge is 2.53. The normalized spacial score (nSPS) is 43.8. The molecule has 2 bridgehead atoms. The summed E-state index contributed by atoms with van der Waals surface area (Å²) < 4.78 is 0. The fraction of sp³-hybridized carbons (Fsp3) is 0.889. The lowest BCUT2D eigenvalue weighted by Crippen LogP contribution is -2.44. The van der Waals surface area contributed by atoms with Crippen molar-refractivity contribution in [2.45, 2.75) is 31.7 Å². The Morgan fingerprint density at radius 3 is 2.67 bits per heavy atom. The fourth-order valence-corrected chi connectivity index (χ4v) is 2.69. The van der Waals surface area contributed by atoms with Gasteiger partial charge < -0.3 is 11.1 Å². The lowest BCUT2D eigenvalue weighted by Gasteiger charge is -2.34. The Morgan fingerprint density at radius 2 is 2.25 bits per heavy atom. The fourth-order valence-electron chi connectivity index (χ4n) is 2.69. The van der Waals surface area contributed by atoms with Crippen LogP contribution in [-0.2, 0) is 4.79 Å². The van der Waals surface area contributed by atoms with Crippen molar-refractivity contribution < 1.29 is 4.79 Å². The lowest BCUT2D eigenvalue weighted by molar-refractivity contribution is -0.119. The van der Waals surface area contributed by atoms with Crippen LogP contribution in [0.2, 0.25) is 0 Å². The van der Waals surface area contributed by atoms with Crippen molar-refractivity contribution in [2.75, 3.05) is 6.54 Å². The van der Waals surface area contributed by atoms with E-state index in [0.29, 0.717) is 5.92 Å². The van der Waals surface area contributed by atoms with Gasteiger partial charge in [0.1, 0.15) is 0 Å². The van der Waals surface area contributed by atoms with E-state index in [4.69, 9.17) is 5.73 Å². The average Bonchev–Trinajstić information content (AvgIpc) is 2.36. The van der Waals surface area contributed by atoms with Gasteiger partial charge in [-0.05, 0) is 31.1 Å². The van der Waals surface area contributed by atoms with E-state index in [1.165, 1.54) is 12.8 Å². The van der Waals surface area contributed by atoms with Crippen LogP contribution >= 0.6 is 0 Å². The number of carbonyl (C=O) groups excluding carboxylic acids is 1. The molecule has 1 amide bonds. The van der Waals surface area contributed by atoms with Crippen LogP contribution in [0.3, 0.4) is 0 Å². The second-order valence-electron chi connectivity index (χ2n) is 4.43. The first-order valence-electron chi connectivity index (χ1n) is 4.62. The van der Waals surface area contributed by atoms with E-state index >= 15 is 0 Å². The van der Waals surface area contributed by atoms with Gasteiger partial charge in [-0.25, -0.2) is 0 Å². The molecule has 12 heavy (non-hydrogen) atoms. The highest BCUT2D eigenvalue weighted by atomic mass is 16.1. The van der Waals surface area contributed by atoms with Gasteiger partial charge in [-0.15, -0.1) is 0 Å². The van der Waals surface area contributed by atoms with Crippen molar-refractivity contribution in [3.05, 3.63) is 0 Å². The zero-order chi connectivity index (χ0) is 8.77. The quantitative estimate of drug-likeness (QED) is 0.621. The zero-order valence-corrected chi connectivity index (χ0v) is 7.47. The van der Waals surface area contributed by atoms with Crippen LogP contribution in [0.5, 0.6) is 0 Å². The van der Waals surface area contributed by atoms with Crippen LogP contribution in [0.25, 0.3) is 0 Å². The molecule has 68 valence electrons. The summed E-state index contributed by atoms with van der Waals surface area (Å²) in [7, 11) is 0. The molecule has 0 radical (unpaired) electrons. The Kier molecular flexibility index (Phi) is 1.65. The first-order chi connectivity index (χ1) is 5.59. The summed E-state index contributed by atoms with van der Waals surface area (Å²) in [6.07, 6.45) is 3.46. The maximum absolute atomic E-state index is 10.7. The molecule has 0 saturated heterocycles. The molecule has 0 aliphatic heterocycles. The predicted octanol–water partition coefficient (Wildman–Crippen LogP) is 0.250. The predicted molar refractivity (Wildman–Crippen MR) is 46.4 cm³/mol. The van der Waals surface area contributed by atoms with E-state index in [1.807, 2.05) is 0 Å². The van der Waals surface area contributed by atoms with Crippen LogP contribution in [0, 0.1) is 11.8 Å². The minimum Gasteiger partial charge on any atom is -0.356 e. The molecule has 3 N–H and O–H groups in total. The first-order valence-corrected chi connectivity index (χ1v) is 4.62. The topological polar surface area (TPSA) is 55.1 Å². The molecule has 0 aromatic rings. The number of fused-ring (bicyclic) bond motifs is 1. The Balaban J connectivity index is 1.81. The number of hydrogen-bond acceptors (Lipinski definition) is 2. The lowest BCUT2D eigenvalue weighted by atomic mass is 9.77. The highest BCUT2D eigenvalue weighted by Crippen LogP contribution is 2.53. The number of nitrogens with two attached hydrogens (primary N) is 1. The molecule has 0 spiro atoms. The van der Waals surface area contributed by atoms with E-state index in [1.54, 1.807) is 6.92 Å². The molecule has 3 aliphatic rings. The van der Waals surface area contributed by atoms with Crippen LogP contribution in [0.1, 0.15) is 26.2 Å². The Bertz CT molecular complexity index is 209. The van der Waals surface area contributed by atoms with Crippen LogP contribution in [0.4, 0.5) is 0 Å². The van der Waals surface area contributed by atoms with Crippen molar-refractivity contribution in [3.8, 4) is 0 Å². The third-order valence-electron chi connectivity index (χ3n) is 3.29. The highest BCUT2D eigenvalue weighted by molar-refractivity contribution is 5.72. The minimum atomic E-state index is 0.0742. The summed E-state index contributed by atoms with van der Waals surface area (Å²) in [6, 6.07) is 0. The zero-order valence-electron chi connectivity index (χ0n) is 7.47. The Hall–Kier alpha value is -0.570. The van der Waals surface area contributed by atoms with Crippen molar-refractivity contribution in [3.63, 3.8) is 0 Å². The van der Waals surface area contributed by atoms with E-state index in [0.717, 1.165) is 18.9 Å². The minimum absolute atomic E-state index is 0.0742. The molecule has 3 heteroatoms. The molecule has 0 aromatic carbocycles. The van der Waals surface area contributed by atoms with Gasteiger partial charge >= 0.3 is 0 Å². The van der Waals surface area contributed by atoms with Crippen molar-refractivity contribution >= 4 is 5.91 Å². The van der Waals surface area contributed by atoms with E-state index in [2.05, 4.69) is 5.32 Å². The summed E-state index contributed by atoms with van der Waals surface area (Å²) in [5.41, 5.74) is 6.17. The summed E-state index contributed by atoms with van der Waals surface area (Å²) in [5.74, 6) is 1.52. The van der Waals surface area contributed by atoms with Crippen LogP contribution < -0.4 is 11.1 Å². The van der Waals surface area contributed by atoms with E-state index < -0.39 is 0 Å². The van der Waals surface area contributed by atoms with Crippen molar-refractivity contribution in [2.24, 2.45) is 17.6 Å². The summed E-state index contributed by atoms with van der Waals surface area (Å²) in [6.45, 7) is 2.40. The smallest absolute Gasteiger partial charge is 0.216 e. The molecule has 3 nitrogen and oxygen atoms in total. The Labute approximate surface area is 72.7 Å². The van der Waals surface area contributed by atoms with Gasteiger partial charge in [-0.2, -0.15) is 0 Å². The van der Waals surface area contributed by atoms with Crippen molar-refractivity contribution in [1.82, 2.24) is 5.32 Å². The van der Waals surface area contributed by atoms with Gasteiger partial charge in [0.15, 0.2) is 0 Å². The van der Waals surface area contributed by atoms with Crippen LogP contribution in [-0.4, -0.2) is 18.0 Å². The van der Waals surface area contributed by atoms with Gasteiger partial charge in [-0.1, -0.05) is 0 Å². The summed E-state index contributed by atoms with van der Waals surface area (Å²) >= 11 is 0. The van der Waals surface area contributed by atoms with Gasteiger partial charge in [0, 0.05) is 19.0 Å². The van der Waals surface area contributed by atoms with Crippen molar-refractivity contribution in [1.29, 1.82) is 0 Å². The van der Waals surface area contributed by atoms with Crippen LogP contribution in [0.15, 0.2) is 0 Å². The van der Waals surface area contributed by atoms with E-state index in [-0.39, 0.29) is 11.4 Å². The number of nitrogens with one attached hydrogen (secondary N) is 1. The van der Waals surface area contributed by atoms with Gasteiger partial charge in [0.25, 0.3) is 0 Å². The SMILES string of the molecule is CC(=O)NCC1CC2(N)CC1C2. The number of rotatable bonds is 2. The molecule has 3 saturated carbocycles. The Morgan fingerprint density at radius 1 is 1.58 bits per heavy atom. The number of carbonyl (C=O) groups is 1. The molecule has 3 fully saturated rings. The number of hydrogen-bond donors (Lipinski definition) is 2. The molecular formula is C9H16N2O. The average molecular weight is 168 g/mol. The largest absolute Gasteiger partial charge is 0.356 e. The van der Waals surface area contributed by atoms with Gasteiger partial charge in [0.2, 0.25) is 5.91 Å². The summed E-state index contributed by atoms with van der Waals surface area (Å²) in [4.78, 5) is 10.7. The third kappa shape index (κ3) is 1.22. The molecule has 3 rings (SSSR count). The molecule has 1 atom stereocenters. The van der Waals surface area contributed by atoms with Gasteiger partial charge in [0.05, 0.1) is 0 Å². The molecule has 0 heterocycles. The number of amides is 1. The summed E-state index contributed by atoms with van der Waals surface area (Å²) in [5, 5.41) is 2.87. The second-order valence-corrected chi connectivity index (χ2v) is 4.43. The molecule has 3 aliphatic carbocycles. The maximum Gasteiger partial charge on any atom is 0.216 e. The molecule has 0 aromatic heterocycles. The standard InChI is InChI=1S/C9H16N2O/c1-6(12)11-5-8-4-9(10)2-7(8)3-9/h7-8H,2-5,10H2,1H3,(H,11,12). The third-order valence-corrected chi connectivity index (χ3v) is 3.29. The first kappa shape index (κ1) is 8.05. The monoisotopic (exact) mass is 168 g/mol. The van der Waals surface area contributed by atoms with Gasteiger partial charge in [-0.3, -0.25) is 4.79 Å². The van der Waals surface area contributed by atoms with E-state index in [9.17, 15) is 4.79 Å².